The summed E-state index contributed by atoms with van der Waals surface area (Å²) < 4.78 is 16.6. The van der Waals surface area contributed by atoms with Gasteiger partial charge in [0.05, 0.1) is 14.2 Å². The molecule has 0 heterocycles. The summed E-state index contributed by atoms with van der Waals surface area (Å²) in [5, 5.41) is 0. The third-order valence-corrected chi connectivity index (χ3v) is 4.32. The molecule has 3 aromatic carbocycles. The van der Waals surface area contributed by atoms with Gasteiger partial charge in [-0.25, -0.2) is 0 Å². The molecule has 0 amide bonds. The maximum Gasteiger partial charge on any atom is 0.123 e. The van der Waals surface area contributed by atoms with Gasteiger partial charge >= 0.3 is 0 Å². The first-order chi connectivity index (χ1) is 12.8. The number of para-hydroxylation sites is 1. The van der Waals surface area contributed by atoms with Gasteiger partial charge < -0.3 is 14.2 Å². The van der Waals surface area contributed by atoms with Crippen molar-refractivity contribution in [3.05, 3.63) is 89.5 Å². The maximum absolute atomic E-state index is 6.08. The lowest BCUT2D eigenvalue weighted by Gasteiger charge is -2.12. The van der Waals surface area contributed by atoms with Crippen molar-refractivity contribution >= 4 is 0 Å². The highest BCUT2D eigenvalue weighted by Gasteiger charge is 2.05. The molecule has 26 heavy (non-hydrogen) atoms. The summed E-state index contributed by atoms with van der Waals surface area (Å²) >= 11 is 0. The van der Waals surface area contributed by atoms with Crippen LogP contribution in [0.5, 0.6) is 17.2 Å². The molecule has 0 unspecified atom stereocenters. The van der Waals surface area contributed by atoms with Crippen LogP contribution >= 0.6 is 0 Å². The van der Waals surface area contributed by atoms with Crippen LogP contribution in [0.3, 0.4) is 0 Å². The Balaban J connectivity index is 1.65. The van der Waals surface area contributed by atoms with E-state index in [0.29, 0.717) is 6.61 Å². The molecule has 0 aliphatic carbocycles. The van der Waals surface area contributed by atoms with Gasteiger partial charge in [0.15, 0.2) is 0 Å². The van der Waals surface area contributed by atoms with Crippen molar-refractivity contribution in [3.8, 4) is 17.2 Å². The first-order valence-electron chi connectivity index (χ1n) is 8.75. The molecule has 0 radical (unpaired) electrons. The Labute approximate surface area is 155 Å². The van der Waals surface area contributed by atoms with Gasteiger partial charge in [0, 0.05) is 0 Å². The Kier molecular flexibility index (Phi) is 6.15. The number of hydrogen-bond donors (Lipinski definition) is 0. The minimum atomic E-state index is 0.521. The van der Waals surface area contributed by atoms with Crippen LogP contribution in [-0.2, 0) is 19.4 Å². The van der Waals surface area contributed by atoms with Gasteiger partial charge in [-0.2, -0.15) is 0 Å². The van der Waals surface area contributed by atoms with Gasteiger partial charge in [0.1, 0.15) is 23.9 Å². The number of benzene rings is 3. The van der Waals surface area contributed by atoms with E-state index in [-0.39, 0.29) is 0 Å². The predicted molar refractivity (Wildman–Crippen MR) is 104 cm³/mol. The Bertz CT molecular complexity index is 772. The lowest BCUT2D eigenvalue weighted by atomic mass is 10.0. The first-order valence-corrected chi connectivity index (χ1v) is 8.75. The van der Waals surface area contributed by atoms with Crippen molar-refractivity contribution in [1.29, 1.82) is 0 Å². The van der Waals surface area contributed by atoms with E-state index in [1.54, 1.807) is 14.2 Å². The van der Waals surface area contributed by atoms with Crippen molar-refractivity contribution in [2.75, 3.05) is 14.2 Å². The average molecular weight is 348 g/mol. The summed E-state index contributed by atoms with van der Waals surface area (Å²) in [6.07, 6.45) is 1.86. The smallest absolute Gasteiger partial charge is 0.123 e. The van der Waals surface area contributed by atoms with E-state index in [2.05, 4.69) is 24.3 Å². The van der Waals surface area contributed by atoms with Crippen LogP contribution in [0.25, 0.3) is 0 Å². The van der Waals surface area contributed by atoms with Crippen molar-refractivity contribution in [2.45, 2.75) is 19.4 Å². The van der Waals surface area contributed by atoms with Gasteiger partial charge in [0.25, 0.3) is 0 Å². The van der Waals surface area contributed by atoms with Crippen LogP contribution in [0.4, 0.5) is 0 Å². The maximum atomic E-state index is 6.08. The molecule has 3 aromatic rings. The molecule has 0 aliphatic heterocycles. The third kappa shape index (κ3) is 4.79. The molecule has 3 rings (SSSR count). The Morgan fingerprint density at radius 3 is 2.04 bits per heavy atom. The molecule has 0 aliphatic rings. The molecule has 3 nitrogen and oxygen atoms in total. The average Bonchev–Trinajstić information content (AvgIpc) is 2.71. The number of ether oxygens (including phenoxy) is 3. The molecule has 0 saturated carbocycles. The molecule has 3 heteroatoms. The van der Waals surface area contributed by atoms with Crippen LogP contribution in [0.1, 0.15) is 16.7 Å². The van der Waals surface area contributed by atoms with Gasteiger partial charge in [-0.05, 0) is 59.9 Å². The first kappa shape index (κ1) is 17.9. The van der Waals surface area contributed by atoms with Gasteiger partial charge in [0.2, 0.25) is 0 Å². The molecule has 0 spiro atoms. The largest absolute Gasteiger partial charge is 0.497 e. The van der Waals surface area contributed by atoms with Gasteiger partial charge in [-0.15, -0.1) is 0 Å². The summed E-state index contributed by atoms with van der Waals surface area (Å²) in [6.45, 7) is 0.521. The van der Waals surface area contributed by atoms with Crippen molar-refractivity contribution in [1.82, 2.24) is 0 Å². The molecular weight excluding hydrogens is 324 g/mol. The SMILES string of the molecule is COc1cccc(CCc2ccccc2OCc2cccc(OC)c2)c1. The molecule has 0 saturated heterocycles. The number of methoxy groups -OCH3 is 2. The Hall–Kier alpha value is -2.94. The second-order valence-electron chi connectivity index (χ2n) is 6.10. The van der Waals surface area contributed by atoms with Crippen LogP contribution in [0.2, 0.25) is 0 Å². The summed E-state index contributed by atoms with van der Waals surface area (Å²) in [6, 6.07) is 24.4. The highest BCUT2D eigenvalue weighted by atomic mass is 16.5. The molecule has 0 bridgehead atoms. The Morgan fingerprint density at radius 1 is 0.654 bits per heavy atom. The van der Waals surface area contributed by atoms with Crippen LogP contribution in [0, 0.1) is 0 Å². The van der Waals surface area contributed by atoms with Gasteiger partial charge in [-0.3, -0.25) is 0 Å². The number of hydrogen-bond acceptors (Lipinski definition) is 3. The van der Waals surface area contributed by atoms with E-state index in [4.69, 9.17) is 14.2 Å². The van der Waals surface area contributed by atoms with E-state index >= 15 is 0 Å². The fourth-order valence-electron chi connectivity index (χ4n) is 2.88. The van der Waals surface area contributed by atoms with E-state index in [1.165, 1.54) is 11.1 Å². The predicted octanol–water partition coefficient (Wildman–Crippen LogP) is 5.07. The molecule has 134 valence electrons. The normalized spacial score (nSPS) is 10.4. The minimum Gasteiger partial charge on any atom is -0.497 e. The molecule has 0 fully saturated rings. The summed E-state index contributed by atoms with van der Waals surface area (Å²) in [4.78, 5) is 0. The second-order valence-corrected chi connectivity index (χ2v) is 6.10. The third-order valence-electron chi connectivity index (χ3n) is 4.32. The second kappa shape index (κ2) is 8.95. The number of aryl methyl sites for hydroxylation is 2. The van der Waals surface area contributed by atoms with Crippen molar-refractivity contribution in [3.63, 3.8) is 0 Å². The fraction of sp³-hybridized carbons (Fsp3) is 0.217. The summed E-state index contributed by atoms with van der Waals surface area (Å²) in [5.74, 6) is 2.67. The molecule has 0 aromatic heterocycles. The number of rotatable bonds is 8. The Morgan fingerprint density at radius 2 is 1.31 bits per heavy atom. The van der Waals surface area contributed by atoms with E-state index in [9.17, 15) is 0 Å². The van der Waals surface area contributed by atoms with Crippen LogP contribution < -0.4 is 14.2 Å². The fourth-order valence-corrected chi connectivity index (χ4v) is 2.88. The monoisotopic (exact) mass is 348 g/mol. The van der Waals surface area contributed by atoms with Crippen LogP contribution in [-0.4, -0.2) is 14.2 Å². The highest BCUT2D eigenvalue weighted by Crippen LogP contribution is 2.23. The van der Waals surface area contributed by atoms with Crippen molar-refractivity contribution < 1.29 is 14.2 Å². The van der Waals surface area contributed by atoms with Crippen molar-refractivity contribution in [2.24, 2.45) is 0 Å². The zero-order valence-electron chi connectivity index (χ0n) is 15.3. The molecular formula is C23H24O3. The molecule has 0 atom stereocenters. The topological polar surface area (TPSA) is 27.7 Å². The lowest BCUT2D eigenvalue weighted by Crippen LogP contribution is -2.00. The van der Waals surface area contributed by atoms with Gasteiger partial charge in [-0.1, -0.05) is 42.5 Å². The van der Waals surface area contributed by atoms with E-state index in [1.807, 2.05) is 48.5 Å². The lowest BCUT2D eigenvalue weighted by molar-refractivity contribution is 0.302. The minimum absolute atomic E-state index is 0.521. The van der Waals surface area contributed by atoms with Crippen LogP contribution in [0.15, 0.2) is 72.8 Å². The summed E-state index contributed by atoms with van der Waals surface area (Å²) in [5.41, 5.74) is 3.55. The standard InChI is InChI=1S/C23H24O3/c1-24-21-10-5-7-18(15-21)13-14-20-9-3-4-12-23(20)26-17-19-8-6-11-22(16-19)25-2/h3-12,15-16H,13-14,17H2,1-2H3. The summed E-state index contributed by atoms with van der Waals surface area (Å²) in [7, 11) is 3.37. The molecule has 0 N–H and O–H groups in total. The quantitative estimate of drug-likeness (QED) is 0.569. The zero-order chi connectivity index (χ0) is 18.2. The zero-order valence-corrected chi connectivity index (χ0v) is 15.3. The van der Waals surface area contributed by atoms with E-state index in [0.717, 1.165) is 35.7 Å². The van der Waals surface area contributed by atoms with E-state index < -0.39 is 0 Å². The highest BCUT2D eigenvalue weighted by molar-refractivity contribution is 5.36.